The first-order valence-electron chi connectivity index (χ1n) is 6.14. The zero-order valence-corrected chi connectivity index (χ0v) is 11.6. The first-order valence-corrected chi connectivity index (χ1v) is 6.52. The van der Waals surface area contributed by atoms with Gasteiger partial charge in [0.25, 0.3) is 0 Å². The Morgan fingerprint density at radius 2 is 1.95 bits per heavy atom. The monoisotopic (exact) mass is 288 g/mol. The highest BCUT2D eigenvalue weighted by atomic mass is 35.5. The molecular weight excluding hydrogens is 276 g/mol. The van der Waals surface area contributed by atoms with E-state index < -0.39 is 0 Å². The molecule has 1 heterocycles. The third-order valence-electron chi connectivity index (χ3n) is 2.44. The lowest BCUT2D eigenvalue weighted by Gasteiger charge is -2.08. The van der Waals surface area contributed by atoms with Crippen molar-refractivity contribution in [2.45, 2.75) is 13.3 Å². The van der Waals surface area contributed by atoms with Gasteiger partial charge in [0.2, 0.25) is 17.2 Å². The van der Waals surface area contributed by atoms with Crippen LogP contribution in [-0.4, -0.2) is 21.5 Å². The van der Waals surface area contributed by atoms with Crippen molar-refractivity contribution >= 4 is 29.2 Å². The van der Waals surface area contributed by atoms with Crippen LogP contribution in [0.15, 0.2) is 24.3 Å². The van der Waals surface area contributed by atoms with Gasteiger partial charge in [-0.25, -0.2) is 0 Å². The Labute approximate surface area is 121 Å². The number of hydrogen-bond acceptors (Lipinski definition) is 6. The lowest BCUT2D eigenvalue weighted by molar-refractivity contribution is 0.940. The Bertz CT molecular complexity index is 637. The standard InChI is InChI=1S/C13H13ClN6/c1-2-7-16-12-18-11(14)19-13(20-12)17-10-6-4-3-5-9(10)8-15/h3-6H,2,7H2,1H3,(H2,16,17,18,19,20). The highest BCUT2D eigenvalue weighted by molar-refractivity contribution is 6.28. The highest BCUT2D eigenvalue weighted by Crippen LogP contribution is 2.19. The molecule has 0 aliphatic rings. The molecule has 2 N–H and O–H groups in total. The number of para-hydroxylation sites is 1. The minimum atomic E-state index is 0.0931. The van der Waals surface area contributed by atoms with Gasteiger partial charge >= 0.3 is 0 Å². The minimum Gasteiger partial charge on any atom is -0.354 e. The Balaban J connectivity index is 2.25. The lowest BCUT2D eigenvalue weighted by atomic mass is 10.2. The predicted molar refractivity (Wildman–Crippen MR) is 78.1 cm³/mol. The quantitative estimate of drug-likeness (QED) is 0.879. The summed E-state index contributed by atoms with van der Waals surface area (Å²) in [6, 6.07) is 9.19. The van der Waals surface area contributed by atoms with Gasteiger partial charge in [-0.3, -0.25) is 0 Å². The molecular formula is C13H13ClN6. The Morgan fingerprint density at radius 1 is 1.20 bits per heavy atom. The zero-order chi connectivity index (χ0) is 14.4. The van der Waals surface area contributed by atoms with Gasteiger partial charge in [-0.15, -0.1) is 0 Å². The van der Waals surface area contributed by atoms with Crippen LogP contribution < -0.4 is 10.6 Å². The molecule has 0 saturated heterocycles. The predicted octanol–water partition coefficient (Wildman–Crippen LogP) is 2.96. The fourth-order valence-electron chi connectivity index (χ4n) is 1.53. The summed E-state index contributed by atoms with van der Waals surface area (Å²) in [4.78, 5) is 12.2. The smallest absolute Gasteiger partial charge is 0.233 e. The Kier molecular flexibility index (Phi) is 4.69. The van der Waals surface area contributed by atoms with Crippen LogP contribution in [-0.2, 0) is 0 Å². The summed E-state index contributed by atoms with van der Waals surface area (Å²) in [5.41, 5.74) is 1.13. The molecule has 20 heavy (non-hydrogen) atoms. The van der Waals surface area contributed by atoms with Gasteiger partial charge in [0.1, 0.15) is 6.07 Å². The molecule has 0 unspecified atom stereocenters. The van der Waals surface area contributed by atoms with E-state index in [4.69, 9.17) is 16.9 Å². The van der Waals surface area contributed by atoms with Gasteiger partial charge in [-0.2, -0.15) is 20.2 Å². The molecule has 0 spiro atoms. The molecule has 1 aromatic heterocycles. The van der Waals surface area contributed by atoms with Crippen LogP contribution in [0.4, 0.5) is 17.6 Å². The molecule has 0 aliphatic carbocycles. The molecule has 1 aromatic carbocycles. The molecule has 0 bridgehead atoms. The number of nitrogens with one attached hydrogen (secondary N) is 2. The van der Waals surface area contributed by atoms with Gasteiger partial charge in [0.15, 0.2) is 0 Å². The van der Waals surface area contributed by atoms with Crippen LogP contribution in [0.5, 0.6) is 0 Å². The molecule has 102 valence electrons. The summed E-state index contributed by atoms with van der Waals surface area (Å²) in [6.07, 6.45) is 0.948. The second-order valence-electron chi connectivity index (χ2n) is 3.96. The van der Waals surface area contributed by atoms with E-state index in [1.54, 1.807) is 18.2 Å². The summed E-state index contributed by atoms with van der Waals surface area (Å²) >= 11 is 5.86. The van der Waals surface area contributed by atoms with Gasteiger partial charge in [-0.05, 0) is 30.2 Å². The van der Waals surface area contributed by atoms with E-state index in [1.165, 1.54) is 0 Å². The number of halogens is 1. The van der Waals surface area contributed by atoms with E-state index in [0.717, 1.165) is 13.0 Å². The molecule has 7 heteroatoms. The fourth-order valence-corrected chi connectivity index (χ4v) is 1.69. The molecule has 0 fully saturated rings. The minimum absolute atomic E-state index is 0.0931. The third-order valence-corrected chi connectivity index (χ3v) is 2.60. The Hall–Kier alpha value is -2.39. The lowest BCUT2D eigenvalue weighted by Crippen LogP contribution is -2.08. The van der Waals surface area contributed by atoms with E-state index in [9.17, 15) is 0 Å². The van der Waals surface area contributed by atoms with Crippen molar-refractivity contribution in [3.8, 4) is 6.07 Å². The molecule has 6 nitrogen and oxygen atoms in total. The van der Waals surface area contributed by atoms with Crippen molar-refractivity contribution in [1.29, 1.82) is 5.26 Å². The van der Waals surface area contributed by atoms with Crippen LogP contribution in [0, 0.1) is 11.3 Å². The van der Waals surface area contributed by atoms with Crippen LogP contribution in [0.1, 0.15) is 18.9 Å². The highest BCUT2D eigenvalue weighted by Gasteiger charge is 2.07. The maximum absolute atomic E-state index is 9.04. The average Bonchev–Trinajstić information content (AvgIpc) is 2.45. The van der Waals surface area contributed by atoms with Crippen molar-refractivity contribution in [2.75, 3.05) is 17.2 Å². The van der Waals surface area contributed by atoms with E-state index in [1.807, 2.05) is 13.0 Å². The van der Waals surface area contributed by atoms with Crippen LogP contribution in [0.3, 0.4) is 0 Å². The van der Waals surface area contributed by atoms with E-state index in [-0.39, 0.29) is 5.28 Å². The number of hydrogen-bond donors (Lipinski definition) is 2. The Morgan fingerprint density at radius 3 is 2.70 bits per heavy atom. The number of rotatable bonds is 5. The first-order chi connectivity index (χ1) is 9.72. The SMILES string of the molecule is CCCNc1nc(Cl)nc(Nc2ccccc2C#N)n1. The van der Waals surface area contributed by atoms with E-state index >= 15 is 0 Å². The number of aromatic nitrogens is 3. The van der Waals surface area contributed by atoms with E-state index in [0.29, 0.717) is 23.1 Å². The van der Waals surface area contributed by atoms with Crippen molar-refractivity contribution < 1.29 is 0 Å². The summed E-state index contributed by atoms with van der Waals surface area (Å²) < 4.78 is 0. The van der Waals surface area contributed by atoms with Crippen LogP contribution >= 0.6 is 11.6 Å². The summed E-state index contributed by atoms with van der Waals surface area (Å²) in [5, 5.41) is 15.1. The summed E-state index contributed by atoms with van der Waals surface area (Å²) in [6.45, 7) is 2.78. The van der Waals surface area contributed by atoms with Crippen molar-refractivity contribution in [3.05, 3.63) is 35.1 Å². The van der Waals surface area contributed by atoms with Gasteiger partial charge < -0.3 is 10.6 Å². The molecule has 2 rings (SSSR count). The molecule has 0 saturated carbocycles. The first kappa shape index (κ1) is 14.0. The maximum atomic E-state index is 9.04. The number of benzene rings is 1. The van der Waals surface area contributed by atoms with Gasteiger partial charge in [-0.1, -0.05) is 19.1 Å². The maximum Gasteiger partial charge on any atom is 0.233 e. The average molecular weight is 289 g/mol. The van der Waals surface area contributed by atoms with Crippen molar-refractivity contribution in [3.63, 3.8) is 0 Å². The van der Waals surface area contributed by atoms with Crippen LogP contribution in [0.25, 0.3) is 0 Å². The second-order valence-corrected chi connectivity index (χ2v) is 4.30. The fraction of sp³-hybridized carbons (Fsp3) is 0.231. The normalized spacial score (nSPS) is 9.85. The summed E-state index contributed by atoms with van der Waals surface area (Å²) in [7, 11) is 0. The van der Waals surface area contributed by atoms with Crippen LogP contribution in [0.2, 0.25) is 5.28 Å². The van der Waals surface area contributed by atoms with Gasteiger partial charge in [0.05, 0.1) is 11.3 Å². The summed E-state index contributed by atoms with van der Waals surface area (Å²) in [5.74, 6) is 0.704. The van der Waals surface area contributed by atoms with Gasteiger partial charge in [0, 0.05) is 6.54 Å². The molecule has 2 aromatic rings. The molecule has 0 radical (unpaired) electrons. The van der Waals surface area contributed by atoms with Crippen molar-refractivity contribution in [1.82, 2.24) is 15.0 Å². The largest absolute Gasteiger partial charge is 0.354 e. The molecule has 0 atom stereocenters. The molecule has 0 amide bonds. The van der Waals surface area contributed by atoms with Crippen molar-refractivity contribution in [2.24, 2.45) is 0 Å². The number of nitrogens with zero attached hydrogens (tertiary/aromatic N) is 4. The zero-order valence-electron chi connectivity index (χ0n) is 10.9. The number of anilines is 3. The molecule has 0 aliphatic heterocycles. The topological polar surface area (TPSA) is 86.5 Å². The number of nitriles is 1. The van der Waals surface area contributed by atoms with E-state index in [2.05, 4.69) is 31.7 Å². The second kappa shape index (κ2) is 6.68. The third kappa shape index (κ3) is 3.56.